The average molecular weight is 253 g/mol. The summed E-state index contributed by atoms with van der Waals surface area (Å²) in [6.45, 7) is 6.19. The molecule has 14 heavy (non-hydrogen) atoms. The number of nitrogens with zero attached hydrogens (tertiary/aromatic N) is 1. The molecule has 74 valence electrons. The third-order valence-electron chi connectivity index (χ3n) is 1.61. The van der Waals surface area contributed by atoms with Crippen LogP contribution in [0.4, 0.5) is 5.69 Å². The van der Waals surface area contributed by atoms with Crippen LogP contribution in [0.25, 0.3) is 0 Å². The molecule has 3 heteroatoms. The van der Waals surface area contributed by atoms with E-state index in [1.807, 2.05) is 12.1 Å². The lowest BCUT2D eigenvalue weighted by Crippen LogP contribution is -2.26. The van der Waals surface area contributed by atoms with E-state index in [0.717, 1.165) is 10.2 Å². The molecule has 0 unspecified atom stereocenters. The minimum atomic E-state index is -0.0353. The Morgan fingerprint density at radius 1 is 1.36 bits per heavy atom. The number of nitrogens with one attached hydrogen (secondary N) is 1. The second-order valence-electron chi connectivity index (χ2n) is 4.18. The van der Waals surface area contributed by atoms with Gasteiger partial charge in [-0.05, 0) is 39.0 Å². The van der Waals surface area contributed by atoms with E-state index in [4.69, 9.17) is 5.26 Å². The molecule has 0 heterocycles. The lowest BCUT2D eigenvalue weighted by Gasteiger charge is -2.22. The zero-order valence-corrected chi connectivity index (χ0v) is 10.1. The van der Waals surface area contributed by atoms with Gasteiger partial charge in [0.2, 0.25) is 0 Å². The highest BCUT2D eigenvalue weighted by atomic mass is 79.9. The number of halogens is 1. The summed E-state index contributed by atoms with van der Waals surface area (Å²) in [5.74, 6) is 0. The van der Waals surface area contributed by atoms with Crippen LogP contribution in [-0.4, -0.2) is 5.54 Å². The van der Waals surface area contributed by atoms with Gasteiger partial charge in [0.1, 0.15) is 6.07 Å². The van der Waals surface area contributed by atoms with Crippen molar-refractivity contribution in [2.45, 2.75) is 26.3 Å². The molecule has 0 saturated heterocycles. The van der Waals surface area contributed by atoms with Gasteiger partial charge in [-0.2, -0.15) is 5.26 Å². The summed E-state index contributed by atoms with van der Waals surface area (Å²) in [7, 11) is 0. The Bertz CT molecular complexity index is 372. The zero-order chi connectivity index (χ0) is 10.8. The van der Waals surface area contributed by atoms with Crippen LogP contribution >= 0.6 is 15.9 Å². The minimum absolute atomic E-state index is 0.0353. The van der Waals surface area contributed by atoms with E-state index in [2.05, 4.69) is 48.1 Å². The zero-order valence-electron chi connectivity index (χ0n) is 8.56. The van der Waals surface area contributed by atoms with Crippen molar-refractivity contribution in [1.29, 1.82) is 5.26 Å². The van der Waals surface area contributed by atoms with Gasteiger partial charge in [0.05, 0.1) is 11.3 Å². The molecule has 1 N–H and O–H groups in total. The number of hydrogen-bond acceptors (Lipinski definition) is 2. The van der Waals surface area contributed by atoms with Gasteiger partial charge < -0.3 is 5.32 Å². The van der Waals surface area contributed by atoms with Crippen LogP contribution in [0, 0.1) is 11.3 Å². The highest BCUT2D eigenvalue weighted by Gasteiger charge is 2.12. The monoisotopic (exact) mass is 252 g/mol. The lowest BCUT2D eigenvalue weighted by molar-refractivity contribution is 0.634. The molecule has 0 radical (unpaired) electrons. The van der Waals surface area contributed by atoms with Gasteiger partial charge in [-0.15, -0.1) is 0 Å². The largest absolute Gasteiger partial charge is 0.379 e. The predicted octanol–water partition coefficient (Wildman–Crippen LogP) is 3.53. The Balaban J connectivity index is 3.07. The normalized spacial score (nSPS) is 10.8. The maximum atomic E-state index is 8.90. The second-order valence-corrected chi connectivity index (χ2v) is 5.09. The molecule has 0 fully saturated rings. The molecule has 0 aliphatic heterocycles. The maximum Gasteiger partial charge on any atom is 0.101 e. The van der Waals surface area contributed by atoms with Crippen molar-refractivity contribution < 1.29 is 0 Å². The van der Waals surface area contributed by atoms with Crippen molar-refractivity contribution in [1.82, 2.24) is 0 Å². The smallest absolute Gasteiger partial charge is 0.101 e. The van der Waals surface area contributed by atoms with Crippen LogP contribution in [0.1, 0.15) is 26.3 Å². The third kappa shape index (κ3) is 3.04. The van der Waals surface area contributed by atoms with Gasteiger partial charge in [-0.25, -0.2) is 0 Å². The van der Waals surface area contributed by atoms with Gasteiger partial charge in [0, 0.05) is 10.0 Å². The quantitative estimate of drug-likeness (QED) is 0.830. The summed E-state index contributed by atoms with van der Waals surface area (Å²) in [6, 6.07) is 7.75. The van der Waals surface area contributed by atoms with Crippen LogP contribution in [0.15, 0.2) is 22.7 Å². The number of benzene rings is 1. The molecule has 1 aromatic rings. The van der Waals surface area contributed by atoms with Gasteiger partial charge in [0.25, 0.3) is 0 Å². The van der Waals surface area contributed by atoms with Crippen molar-refractivity contribution in [3.8, 4) is 6.07 Å². The molecule has 1 aromatic carbocycles. The number of rotatable bonds is 1. The average Bonchev–Trinajstić information content (AvgIpc) is 2.01. The Labute approximate surface area is 93.1 Å². The first kappa shape index (κ1) is 11.1. The van der Waals surface area contributed by atoms with Gasteiger partial charge >= 0.3 is 0 Å². The molecule has 0 aromatic heterocycles. The molecule has 1 rings (SSSR count). The van der Waals surface area contributed by atoms with Crippen molar-refractivity contribution in [3.05, 3.63) is 28.2 Å². The molecular formula is C11H13BrN2. The van der Waals surface area contributed by atoms with Crippen LogP contribution < -0.4 is 5.32 Å². The van der Waals surface area contributed by atoms with E-state index in [0.29, 0.717) is 5.56 Å². The first-order valence-corrected chi connectivity index (χ1v) is 5.19. The molecule has 0 saturated carbocycles. The Morgan fingerprint density at radius 3 is 2.50 bits per heavy atom. The van der Waals surface area contributed by atoms with E-state index < -0.39 is 0 Å². The first-order valence-electron chi connectivity index (χ1n) is 4.40. The fraction of sp³-hybridized carbons (Fsp3) is 0.364. The fourth-order valence-electron chi connectivity index (χ4n) is 1.12. The summed E-state index contributed by atoms with van der Waals surface area (Å²) in [5.41, 5.74) is 1.50. The lowest BCUT2D eigenvalue weighted by atomic mass is 10.1. The van der Waals surface area contributed by atoms with Gasteiger partial charge in [-0.1, -0.05) is 15.9 Å². The second kappa shape index (κ2) is 4.02. The van der Waals surface area contributed by atoms with Crippen LogP contribution in [0.5, 0.6) is 0 Å². The van der Waals surface area contributed by atoms with Crippen molar-refractivity contribution in [2.75, 3.05) is 5.32 Å². The maximum absolute atomic E-state index is 8.90. The van der Waals surface area contributed by atoms with Gasteiger partial charge in [0.15, 0.2) is 0 Å². The van der Waals surface area contributed by atoms with Crippen molar-refractivity contribution in [2.24, 2.45) is 0 Å². The summed E-state index contributed by atoms with van der Waals surface area (Å²) in [6.07, 6.45) is 0. The molecule has 0 spiro atoms. The van der Waals surface area contributed by atoms with Crippen molar-refractivity contribution >= 4 is 21.6 Å². The van der Waals surface area contributed by atoms with Gasteiger partial charge in [-0.3, -0.25) is 0 Å². The van der Waals surface area contributed by atoms with Crippen molar-refractivity contribution in [3.63, 3.8) is 0 Å². The standard InChI is InChI=1S/C11H13BrN2/c1-11(2,3)14-10-6-9(12)5-4-8(10)7-13/h4-6,14H,1-3H3. The van der Waals surface area contributed by atoms with Crippen LogP contribution in [0.3, 0.4) is 0 Å². The molecule has 2 nitrogen and oxygen atoms in total. The summed E-state index contributed by atoms with van der Waals surface area (Å²) < 4.78 is 0.975. The van der Waals surface area contributed by atoms with E-state index in [1.54, 1.807) is 6.07 Å². The van der Waals surface area contributed by atoms with E-state index >= 15 is 0 Å². The molecule has 0 atom stereocenters. The Hall–Kier alpha value is -1.01. The molecule has 0 amide bonds. The Kier molecular flexibility index (Phi) is 3.17. The topological polar surface area (TPSA) is 35.8 Å². The summed E-state index contributed by atoms with van der Waals surface area (Å²) in [5, 5.41) is 12.2. The number of anilines is 1. The van der Waals surface area contributed by atoms with E-state index in [-0.39, 0.29) is 5.54 Å². The van der Waals surface area contributed by atoms with E-state index in [9.17, 15) is 0 Å². The minimum Gasteiger partial charge on any atom is -0.379 e. The number of nitriles is 1. The SMILES string of the molecule is CC(C)(C)Nc1cc(Br)ccc1C#N. The van der Waals surface area contributed by atoms with Crippen LogP contribution in [0.2, 0.25) is 0 Å². The molecular weight excluding hydrogens is 240 g/mol. The predicted molar refractivity (Wildman–Crippen MR) is 62.2 cm³/mol. The third-order valence-corrected chi connectivity index (χ3v) is 2.10. The summed E-state index contributed by atoms with van der Waals surface area (Å²) in [4.78, 5) is 0. The van der Waals surface area contributed by atoms with E-state index in [1.165, 1.54) is 0 Å². The molecule has 0 aliphatic carbocycles. The van der Waals surface area contributed by atoms with Crippen LogP contribution in [-0.2, 0) is 0 Å². The molecule has 0 aliphatic rings. The molecule has 0 bridgehead atoms. The number of hydrogen-bond donors (Lipinski definition) is 1. The fourth-order valence-corrected chi connectivity index (χ4v) is 1.48. The first-order chi connectivity index (χ1) is 6.42. The highest BCUT2D eigenvalue weighted by Crippen LogP contribution is 2.23. The highest BCUT2D eigenvalue weighted by molar-refractivity contribution is 9.10. The Morgan fingerprint density at radius 2 is 2.00 bits per heavy atom. The summed E-state index contributed by atoms with van der Waals surface area (Å²) >= 11 is 3.38.